The molecular weight excluding hydrogens is 272 g/mol. The van der Waals surface area contributed by atoms with Gasteiger partial charge in [-0.15, -0.1) is 0 Å². The van der Waals surface area contributed by atoms with E-state index in [0.29, 0.717) is 6.42 Å². The van der Waals surface area contributed by atoms with E-state index in [1.807, 2.05) is 20.8 Å². The Morgan fingerprint density at radius 3 is 2.43 bits per heavy atom. The van der Waals surface area contributed by atoms with Crippen LogP contribution in [0, 0.1) is 13.8 Å². The number of hydrogen-bond donors (Lipinski definition) is 3. The van der Waals surface area contributed by atoms with Gasteiger partial charge in [0.05, 0.1) is 5.69 Å². The highest BCUT2D eigenvalue weighted by Crippen LogP contribution is 2.20. The second-order valence-corrected chi connectivity index (χ2v) is 5.12. The number of aryl methyl sites for hydroxylation is 2. The summed E-state index contributed by atoms with van der Waals surface area (Å²) < 4.78 is 5.09. The highest BCUT2D eigenvalue weighted by Gasteiger charge is 2.16. The molecule has 0 aliphatic carbocycles. The molecule has 2 aromatic rings. The summed E-state index contributed by atoms with van der Waals surface area (Å²) in [4.78, 5) is 12.1. The van der Waals surface area contributed by atoms with Gasteiger partial charge in [0.25, 0.3) is 5.91 Å². The number of carbonyl (C=O) groups is 1. The van der Waals surface area contributed by atoms with Crippen LogP contribution in [0.4, 0.5) is 0 Å². The standard InChI is InChI=1S/C15H18N2O4/c1-8(4-14-9(2)17-21-10(14)3)16-15(20)11-5-12(18)7-13(19)6-11/h5-8,18-19H,4H2,1-3H3,(H,16,20). The van der Waals surface area contributed by atoms with Crippen molar-refractivity contribution in [3.05, 3.63) is 40.8 Å². The molecule has 0 saturated heterocycles. The molecule has 1 unspecified atom stereocenters. The third-order valence-corrected chi connectivity index (χ3v) is 3.23. The number of nitrogens with one attached hydrogen (secondary N) is 1. The molecule has 0 fully saturated rings. The van der Waals surface area contributed by atoms with Crippen LogP contribution < -0.4 is 5.32 Å². The van der Waals surface area contributed by atoms with Gasteiger partial charge in [0.1, 0.15) is 17.3 Å². The highest BCUT2D eigenvalue weighted by atomic mass is 16.5. The number of aromatic hydroxyl groups is 2. The number of phenols is 2. The van der Waals surface area contributed by atoms with E-state index in [4.69, 9.17) is 4.52 Å². The Morgan fingerprint density at radius 2 is 1.90 bits per heavy atom. The zero-order valence-corrected chi connectivity index (χ0v) is 12.2. The smallest absolute Gasteiger partial charge is 0.251 e. The summed E-state index contributed by atoms with van der Waals surface area (Å²) in [5, 5.41) is 25.5. The molecule has 1 atom stereocenters. The van der Waals surface area contributed by atoms with Crippen molar-refractivity contribution in [2.45, 2.75) is 33.2 Å². The molecule has 3 N–H and O–H groups in total. The Bertz CT molecular complexity index is 624. The number of rotatable bonds is 4. The minimum atomic E-state index is -0.361. The zero-order valence-electron chi connectivity index (χ0n) is 12.2. The van der Waals surface area contributed by atoms with Gasteiger partial charge in [0.2, 0.25) is 0 Å². The summed E-state index contributed by atoms with van der Waals surface area (Å²) in [6.45, 7) is 5.55. The summed E-state index contributed by atoms with van der Waals surface area (Å²) in [6, 6.07) is 3.64. The fourth-order valence-corrected chi connectivity index (χ4v) is 2.18. The molecule has 0 bridgehead atoms. The van der Waals surface area contributed by atoms with E-state index < -0.39 is 0 Å². The normalized spacial score (nSPS) is 12.1. The van der Waals surface area contributed by atoms with Crippen LogP contribution >= 0.6 is 0 Å². The average molecular weight is 290 g/mol. The van der Waals surface area contributed by atoms with Crippen molar-refractivity contribution in [3.8, 4) is 11.5 Å². The van der Waals surface area contributed by atoms with Crippen LogP contribution in [-0.2, 0) is 6.42 Å². The number of benzene rings is 1. The average Bonchev–Trinajstić information content (AvgIpc) is 2.69. The van der Waals surface area contributed by atoms with Gasteiger partial charge in [-0.1, -0.05) is 5.16 Å². The Morgan fingerprint density at radius 1 is 1.29 bits per heavy atom. The monoisotopic (exact) mass is 290 g/mol. The predicted molar refractivity (Wildman–Crippen MR) is 76.4 cm³/mol. The maximum atomic E-state index is 12.1. The minimum Gasteiger partial charge on any atom is -0.508 e. The van der Waals surface area contributed by atoms with Gasteiger partial charge >= 0.3 is 0 Å². The van der Waals surface area contributed by atoms with E-state index in [-0.39, 0.29) is 29.0 Å². The number of carbonyl (C=O) groups excluding carboxylic acids is 1. The number of phenolic OH excluding ortho intramolecular Hbond substituents is 2. The molecule has 112 valence electrons. The quantitative estimate of drug-likeness (QED) is 0.801. The van der Waals surface area contributed by atoms with E-state index in [2.05, 4.69) is 10.5 Å². The molecule has 2 rings (SSSR count). The van der Waals surface area contributed by atoms with Crippen molar-refractivity contribution >= 4 is 5.91 Å². The Hall–Kier alpha value is -2.50. The highest BCUT2D eigenvalue weighted by molar-refractivity contribution is 5.95. The van der Waals surface area contributed by atoms with Gasteiger partial charge in [-0.05, 0) is 39.3 Å². The van der Waals surface area contributed by atoms with Gasteiger partial charge in [-0.3, -0.25) is 4.79 Å². The first-order valence-electron chi connectivity index (χ1n) is 6.62. The van der Waals surface area contributed by atoms with E-state index in [0.717, 1.165) is 17.0 Å². The third kappa shape index (κ3) is 3.53. The second-order valence-electron chi connectivity index (χ2n) is 5.12. The first-order chi connectivity index (χ1) is 9.86. The fourth-order valence-electron chi connectivity index (χ4n) is 2.18. The maximum Gasteiger partial charge on any atom is 0.251 e. The number of aromatic nitrogens is 1. The van der Waals surface area contributed by atoms with Crippen molar-refractivity contribution in [3.63, 3.8) is 0 Å². The molecule has 0 saturated carbocycles. The van der Waals surface area contributed by atoms with Crippen molar-refractivity contribution in [2.24, 2.45) is 0 Å². The Balaban J connectivity index is 2.05. The summed E-state index contributed by atoms with van der Waals surface area (Å²) in [6.07, 6.45) is 0.595. The van der Waals surface area contributed by atoms with Gasteiger partial charge in [-0.25, -0.2) is 0 Å². The SMILES string of the molecule is Cc1noc(C)c1CC(C)NC(=O)c1cc(O)cc(O)c1. The molecule has 6 heteroatoms. The van der Waals surface area contributed by atoms with Crippen LogP contribution in [0.2, 0.25) is 0 Å². The lowest BCUT2D eigenvalue weighted by Gasteiger charge is -2.14. The lowest BCUT2D eigenvalue weighted by atomic mass is 10.1. The number of hydrogen-bond acceptors (Lipinski definition) is 5. The van der Waals surface area contributed by atoms with Crippen molar-refractivity contribution in [2.75, 3.05) is 0 Å². The van der Waals surface area contributed by atoms with Crippen LogP contribution in [0.5, 0.6) is 11.5 Å². The summed E-state index contributed by atoms with van der Waals surface area (Å²) in [5.74, 6) is 0.0705. The van der Waals surface area contributed by atoms with Crippen molar-refractivity contribution in [1.82, 2.24) is 10.5 Å². The lowest BCUT2D eigenvalue weighted by molar-refractivity contribution is 0.0939. The topological polar surface area (TPSA) is 95.6 Å². The first kappa shape index (κ1) is 14.9. The maximum absolute atomic E-state index is 12.1. The summed E-state index contributed by atoms with van der Waals surface area (Å²) >= 11 is 0. The van der Waals surface area contributed by atoms with E-state index in [1.165, 1.54) is 18.2 Å². The van der Waals surface area contributed by atoms with Crippen molar-refractivity contribution < 1.29 is 19.5 Å². The largest absolute Gasteiger partial charge is 0.508 e. The molecule has 21 heavy (non-hydrogen) atoms. The molecule has 1 heterocycles. The van der Waals surface area contributed by atoms with Gasteiger partial charge < -0.3 is 20.1 Å². The van der Waals surface area contributed by atoms with Crippen LogP contribution in [0.3, 0.4) is 0 Å². The lowest BCUT2D eigenvalue weighted by Crippen LogP contribution is -2.34. The molecule has 0 spiro atoms. The molecule has 0 aliphatic rings. The number of nitrogens with zero attached hydrogens (tertiary/aromatic N) is 1. The number of amides is 1. The third-order valence-electron chi connectivity index (χ3n) is 3.23. The van der Waals surface area contributed by atoms with Gasteiger partial charge in [-0.2, -0.15) is 0 Å². The zero-order chi connectivity index (χ0) is 15.6. The first-order valence-corrected chi connectivity index (χ1v) is 6.62. The summed E-state index contributed by atoms with van der Waals surface area (Å²) in [5.41, 5.74) is 1.99. The van der Waals surface area contributed by atoms with Crippen LogP contribution in [-0.4, -0.2) is 27.3 Å². The molecule has 1 amide bonds. The van der Waals surface area contributed by atoms with Crippen LogP contribution in [0.15, 0.2) is 22.7 Å². The molecule has 6 nitrogen and oxygen atoms in total. The van der Waals surface area contributed by atoms with Crippen LogP contribution in [0.25, 0.3) is 0 Å². The predicted octanol–water partition coefficient (Wildman–Crippen LogP) is 2.06. The van der Waals surface area contributed by atoms with E-state index in [9.17, 15) is 15.0 Å². The Kier molecular flexibility index (Phi) is 4.16. The fraction of sp³-hybridized carbons (Fsp3) is 0.333. The molecule has 1 aromatic carbocycles. The Labute approximate surface area is 122 Å². The van der Waals surface area contributed by atoms with Crippen molar-refractivity contribution in [1.29, 1.82) is 0 Å². The molecule has 1 aromatic heterocycles. The minimum absolute atomic E-state index is 0.140. The molecular formula is C15H18N2O4. The van der Waals surface area contributed by atoms with Gasteiger partial charge in [0, 0.05) is 23.2 Å². The molecule has 0 radical (unpaired) electrons. The summed E-state index contributed by atoms with van der Waals surface area (Å²) in [7, 11) is 0. The van der Waals surface area contributed by atoms with Crippen LogP contribution in [0.1, 0.15) is 34.3 Å². The van der Waals surface area contributed by atoms with E-state index >= 15 is 0 Å². The second kappa shape index (κ2) is 5.87. The molecule has 0 aliphatic heterocycles. The van der Waals surface area contributed by atoms with E-state index in [1.54, 1.807) is 0 Å². The van der Waals surface area contributed by atoms with Gasteiger partial charge in [0.15, 0.2) is 0 Å².